The summed E-state index contributed by atoms with van der Waals surface area (Å²) in [6.07, 6.45) is 2.84. The van der Waals surface area contributed by atoms with Crippen molar-refractivity contribution in [2.45, 2.75) is 0 Å². The van der Waals surface area contributed by atoms with E-state index in [1.807, 2.05) is 18.2 Å². The maximum absolute atomic E-state index is 8.82. The predicted octanol–water partition coefficient (Wildman–Crippen LogP) is 3.46. The number of nitrogens with zero attached hydrogens (tertiary/aromatic N) is 2. The summed E-state index contributed by atoms with van der Waals surface area (Å²) in [5.74, 6) is 0.579. The number of halogens is 1. The van der Waals surface area contributed by atoms with Crippen LogP contribution in [0.5, 0.6) is 0 Å². The number of nitriles is 1. The van der Waals surface area contributed by atoms with Crippen LogP contribution in [0.15, 0.2) is 41.0 Å². The summed E-state index contributed by atoms with van der Waals surface area (Å²) in [5.41, 5.74) is 2.06. The Kier molecular flexibility index (Phi) is 3.70. The van der Waals surface area contributed by atoms with Gasteiger partial charge < -0.3 is 10.7 Å². The molecular formula is C13H9BrN4. The molecule has 18 heavy (non-hydrogen) atoms. The van der Waals surface area contributed by atoms with Crippen molar-refractivity contribution in [1.29, 1.82) is 10.7 Å². The number of rotatable bonds is 3. The maximum atomic E-state index is 8.82. The van der Waals surface area contributed by atoms with Gasteiger partial charge in [0.05, 0.1) is 11.6 Å². The molecule has 0 aliphatic carbocycles. The van der Waals surface area contributed by atoms with E-state index in [9.17, 15) is 0 Å². The van der Waals surface area contributed by atoms with Crippen molar-refractivity contribution < 1.29 is 0 Å². The Balaban J connectivity index is 2.36. The molecule has 2 aromatic rings. The van der Waals surface area contributed by atoms with Crippen LogP contribution in [0.4, 0.5) is 11.5 Å². The molecule has 0 aliphatic heterocycles. The van der Waals surface area contributed by atoms with Crippen LogP contribution in [0.1, 0.15) is 11.1 Å². The molecule has 0 radical (unpaired) electrons. The summed E-state index contributed by atoms with van der Waals surface area (Å²) < 4.78 is 0.909. The fourth-order valence-corrected chi connectivity index (χ4v) is 1.83. The smallest absolute Gasteiger partial charge is 0.131 e. The molecule has 2 rings (SSSR count). The van der Waals surface area contributed by atoms with E-state index in [1.165, 1.54) is 6.21 Å². The average molecular weight is 301 g/mol. The van der Waals surface area contributed by atoms with Crippen molar-refractivity contribution in [1.82, 2.24) is 4.98 Å². The molecule has 1 heterocycles. The van der Waals surface area contributed by atoms with Crippen molar-refractivity contribution in [3.8, 4) is 6.07 Å². The van der Waals surface area contributed by atoms with Crippen molar-refractivity contribution in [3.05, 3.63) is 52.1 Å². The van der Waals surface area contributed by atoms with Crippen LogP contribution in [0.25, 0.3) is 0 Å². The van der Waals surface area contributed by atoms with Crippen LogP contribution in [-0.2, 0) is 0 Å². The van der Waals surface area contributed by atoms with E-state index in [0.717, 1.165) is 15.7 Å². The van der Waals surface area contributed by atoms with E-state index in [4.69, 9.17) is 10.7 Å². The molecule has 4 nitrogen and oxygen atoms in total. The summed E-state index contributed by atoms with van der Waals surface area (Å²) in [6.45, 7) is 0. The van der Waals surface area contributed by atoms with Gasteiger partial charge in [-0.3, -0.25) is 0 Å². The van der Waals surface area contributed by atoms with Crippen molar-refractivity contribution >= 4 is 33.6 Å². The van der Waals surface area contributed by atoms with Gasteiger partial charge in [-0.05, 0) is 24.3 Å². The van der Waals surface area contributed by atoms with Gasteiger partial charge in [-0.1, -0.05) is 22.0 Å². The molecule has 0 unspecified atom stereocenters. The molecule has 0 bridgehead atoms. The quantitative estimate of drug-likeness (QED) is 0.853. The van der Waals surface area contributed by atoms with Crippen LogP contribution in [-0.4, -0.2) is 11.2 Å². The molecule has 1 aromatic heterocycles. The lowest BCUT2D eigenvalue weighted by Gasteiger charge is -2.09. The standard InChI is InChI=1S/C13H9BrN4/c14-11-2-1-10(8-16)12(6-11)18-13-5-9(7-15)3-4-17-13/h1-6,8,16H,(H,17,18). The minimum Gasteiger partial charge on any atom is -0.340 e. The molecular weight excluding hydrogens is 292 g/mol. The third kappa shape index (κ3) is 2.73. The number of pyridine rings is 1. The largest absolute Gasteiger partial charge is 0.340 e. The number of hydrogen-bond donors (Lipinski definition) is 2. The van der Waals surface area contributed by atoms with Gasteiger partial charge in [0.2, 0.25) is 0 Å². The normalized spacial score (nSPS) is 9.56. The molecule has 5 heteroatoms. The predicted molar refractivity (Wildman–Crippen MR) is 74.3 cm³/mol. The highest BCUT2D eigenvalue weighted by atomic mass is 79.9. The van der Waals surface area contributed by atoms with Gasteiger partial charge in [0.1, 0.15) is 5.82 Å². The third-order valence-electron chi connectivity index (χ3n) is 2.32. The van der Waals surface area contributed by atoms with E-state index in [0.29, 0.717) is 11.4 Å². The Morgan fingerprint density at radius 2 is 2.17 bits per heavy atom. The van der Waals surface area contributed by atoms with Gasteiger partial charge in [-0.2, -0.15) is 5.26 Å². The molecule has 0 saturated carbocycles. The number of hydrogen-bond acceptors (Lipinski definition) is 4. The monoisotopic (exact) mass is 300 g/mol. The summed E-state index contributed by atoms with van der Waals surface area (Å²) in [4.78, 5) is 4.14. The Labute approximate surface area is 113 Å². The first-order valence-electron chi connectivity index (χ1n) is 5.16. The number of aromatic nitrogens is 1. The fraction of sp³-hybridized carbons (Fsp3) is 0. The highest BCUT2D eigenvalue weighted by Gasteiger charge is 2.03. The van der Waals surface area contributed by atoms with E-state index < -0.39 is 0 Å². The topological polar surface area (TPSA) is 72.6 Å². The highest BCUT2D eigenvalue weighted by molar-refractivity contribution is 9.10. The molecule has 88 valence electrons. The van der Waals surface area contributed by atoms with Crippen LogP contribution in [0.3, 0.4) is 0 Å². The van der Waals surface area contributed by atoms with Crippen molar-refractivity contribution in [2.75, 3.05) is 5.32 Å². The molecule has 0 atom stereocenters. The molecule has 0 saturated heterocycles. The second-order valence-corrected chi connectivity index (χ2v) is 4.46. The Morgan fingerprint density at radius 1 is 1.33 bits per heavy atom. The van der Waals surface area contributed by atoms with E-state index >= 15 is 0 Å². The lowest BCUT2D eigenvalue weighted by molar-refractivity contribution is 1.29. The van der Waals surface area contributed by atoms with Crippen LogP contribution in [0.2, 0.25) is 0 Å². The zero-order chi connectivity index (χ0) is 13.0. The Morgan fingerprint density at radius 3 is 2.89 bits per heavy atom. The maximum Gasteiger partial charge on any atom is 0.131 e. The van der Waals surface area contributed by atoms with E-state index in [1.54, 1.807) is 18.3 Å². The second-order valence-electron chi connectivity index (χ2n) is 3.54. The first-order chi connectivity index (χ1) is 8.72. The minimum absolute atomic E-state index is 0.541. The van der Waals surface area contributed by atoms with Gasteiger partial charge in [0.25, 0.3) is 0 Å². The summed E-state index contributed by atoms with van der Waals surface area (Å²) in [7, 11) is 0. The van der Waals surface area contributed by atoms with E-state index in [2.05, 4.69) is 32.3 Å². The number of anilines is 2. The number of nitrogens with one attached hydrogen (secondary N) is 2. The average Bonchev–Trinajstić information content (AvgIpc) is 2.39. The van der Waals surface area contributed by atoms with Gasteiger partial charge in [-0.25, -0.2) is 4.98 Å². The Bertz CT molecular complexity index is 631. The molecule has 0 aliphatic rings. The van der Waals surface area contributed by atoms with Gasteiger partial charge in [-0.15, -0.1) is 0 Å². The van der Waals surface area contributed by atoms with Crippen molar-refractivity contribution in [3.63, 3.8) is 0 Å². The van der Waals surface area contributed by atoms with Gasteiger partial charge in [0.15, 0.2) is 0 Å². The summed E-state index contributed by atoms with van der Waals surface area (Å²) in [5, 5.41) is 19.3. The Hall–Kier alpha value is -2.19. The lowest BCUT2D eigenvalue weighted by atomic mass is 10.2. The van der Waals surface area contributed by atoms with E-state index in [-0.39, 0.29) is 0 Å². The number of benzene rings is 1. The zero-order valence-electron chi connectivity index (χ0n) is 9.31. The molecule has 1 aromatic carbocycles. The van der Waals surface area contributed by atoms with Crippen LogP contribution >= 0.6 is 15.9 Å². The molecule has 0 amide bonds. The first kappa shape index (κ1) is 12.3. The highest BCUT2D eigenvalue weighted by Crippen LogP contribution is 2.23. The zero-order valence-corrected chi connectivity index (χ0v) is 10.9. The van der Waals surface area contributed by atoms with Crippen LogP contribution < -0.4 is 5.32 Å². The summed E-state index contributed by atoms with van der Waals surface area (Å²) in [6, 6.07) is 10.9. The van der Waals surface area contributed by atoms with Crippen LogP contribution in [0, 0.1) is 16.7 Å². The lowest BCUT2D eigenvalue weighted by Crippen LogP contribution is -1.97. The SMILES string of the molecule is N#Cc1ccnc(Nc2cc(Br)ccc2C=N)c1. The third-order valence-corrected chi connectivity index (χ3v) is 2.82. The fourth-order valence-electron chi connectivity index (χ4n) is 1.47. The second kappa shape index (κ2) is 5.43. The van der Waals surface area contributed by atoms with Crippen molar-refractivity contribution in [2.24, 2.45) is 0 Å². The molecule has 0 fully saturated rings. The van der Waals surface area contributed by atoms with Gasteiger partial charge >= 0.3 is 0 Å². The minimum atomic E-state index is 0.541. The first-order valence-corrected chi connectivity index (χ1v) is 5.95. The summed E-state index contributed by atoms with van der Waals surface area (Å²) >= 11 is 3.38. The molecule has 0 spiro atoms. The molecule has 2 N–H and O–H groups in total. The van der Waals surface area contributed by atoms with Gasteiger partial charge in [0, 0.05) is 28.1 Å².